The van der Waals surface area contributed by atoms with Gasteiger partial charge in [0.2, 0.25) is 11.7 Å². The molecule has 9 nitrogen and oxygen atoms in total. The summed E-state index contributed by atoms with van der Waals surface area (Å²) in [6, 6.07) is 6.60. The standard InChI is InChI=1S/C19H23NO8S/c1-5-18(22)20-15-10-14(7-6-12(15)11-21)29(23,24)28-13-8-16(25-2)19(27-4)17(9-13)26-3/h6-10,21H,5,11H2,1-4H3,(H,20,22). The van der Waals surface area contributed by atoms with Gasteiger partial charge in [0, 0.05) is 29.8 Å². The minimum atomic E-state index is -4.26. The number of hydrogen-bond acceptors (Lipinski definition) is 8. The minimum absolute atomic E-state index is 0.0510. The van der Waals surface area contributed by atoms with Crippen molar-refractivity contribution in [3.05, 3.63) is 35.9 Å². The van der Waals surface area contributed by atoms with Gasteiger partial charge in [-0.3, -0.25) is 4.79 Å². The summed E-state index contributed by atoms with van der Waals surface area (Å²) in [6.07, 6.45) is 0.198. The van der Waals surface area contributed by atoms with Crippen LogP contribution in [0.1, 0.15) is 18.9 Å². The second-order valence-corrected chi connectivity index (χ2v) is 7.32. The first-order chi connectivity index (χ1) is 13.8. The summed E-state index contributed by atoms with van der Waals surface area (Å²) in [4.78, 5) is 11.5. The van der Waals surface area contributed by atoms with Gasteiger partial charge in [-0.25, -0.2) is 0 Å². The van der Waals surface area contributed by atoms with E-state index in [0.717, 1.165) is 0 Å². The van der Waals surface area contributed by atoms with Crippen LogP contribution < -0.4 is 23.7 Å². The summed E-state index contributed by atoms with van der Waals surface area (Å²) >= 11 is 0. The van der Waals surface area contributed by atoms with Crippen LogP contribution in [0.15, 0.2) is 35.2 Å². The van der Waals surface area contributed by atoms with Crippen molar-refractivity contribution in [2.75, 3.05) is 26.6 Å². The highest BCUT2D eigenvalue weighted by Gasteiger charge is 2.22. The average Bonchev–Trinajstić information content (AvgIpc) is 2.72. The van der Waals surface area contributed by atoms with Crippen LogP contribution in [0.25, 0.3) is 0 Å². The van der Waals surface area contributed by atoms with Gasteiger partial charge in [0.15, 0.2) is 17.2 Å². The molecule has 0 unspecified atom stereocenters. The maximum Gasteiger partial charge on any atom is 0.339 e. The van der Waals surface area contributed by atoms with Gasteiger partial charge in [-0.05, 0) is 12.1 Å². The summed E-state index contributed by atoms with van der Waals surface area (Å²) in [6.45, 7) is 1.29. The van der Waals surface area contributed by atoms with Crippen LogP contribution >= 0.6 is 0 Å². The molecule has 0 saturated carbocycles. The minimum Gasteiger partial charge on any atom is -0.493 e. The van der Waals surface area contributed by atoms with Gasteiger partial charge in [-0.2, -0.15) is 8.42 Å². The zero-order valence-corrected chi connectivity index (χ0v) is 17.3. The number of amides is 1. The lowest BCUT2D eigenvalue weighted by molar-refractivity contribution is -0.115. The quantitative estimate of drug-likeness (QED) is 0.587. The number of anilines is 1. The molecule has 29 heavy (non-hydrogen) atoms. The Labute approximate surface area is 169 Å². The molecule has 2 aromatic rings. The first kappa shape index (κ1) is 22.3. The van der Waals surface area contributed by atoms with Gasteiger partial charge in [0.1, 0.15) is 4.90 Å². The largest absolute Gasteiger partial charge is 0.493 e. The number of carbonyl (C=O) groups is 1. The van der Waals surface area contributed by atoms with Crippen LogP contribution in [-0.4, -0.2) is 40.8 Å². The summed E-state index contributed by atoms with van der Waals surface area (Å²) < 4.78 is 46.3. The fourth-order valence-electron chi connectivity index (χ4n) is 2.48. The molecule has 0 atom stereocenters. The Bertz CT molecular complexity index is 963. The zero-order valence-electron chi connectivity index (χ0n) is 16.5. The van der Waals surface area contributed by atoms with Crippen molar-refractivity contribution < 1.29 is 36.7 Å². The number of aliphatic hydroxyl groups excluding tert-OH is 1. The number of carbonyl (C=O) groups excluding carboxylic acids is 1. The molecule has 2 aromatic carbocycles. The number of benzene rings is 2. The molecule has 0 saturated heterocycles. The highest BCUT2D eigenvalue weighted by molar-refractivity contribution is 7.87. The third-order valence-electron chi connectivity index (χ3n) is 3.98. The highest BCUT2D eigenvalue weighted by atomic mass is 32.2. The zero-order chi connectivity index (χ0) is 21.6. The molecular formula is C19H23NO8S. The number of rotatable bonds is 9. The first-order valence-electron chi connectivity index (χ1n) is 8.57. The lowest BCUT2D eigenvalue weighted by atomic mass is 10.2. The van der Waals surface area contributed by atoms with Crippen molar-refractivity contribution in [2.24, 2.45) is 0 Å². The van der Waals surface area contributed by atoms with E-state index < -0.39 is 10.1 Å². The third-order valence-corrected chi connectivity index (χ3v) is 5.22. The summed E-state index contributed by atoms with van der Waals surface area (Å²) in [5.74, 6) is 0.369. The molecule has 10 heteroatoms. The number of methoxy groups -OCH3 is 3. The molecule has 0 aliphatic carbocycles. The number of aliphatic hydroxyl groups is 1. The van der Waals surface area contributed by atoms with Gasteiger partial charge in [0.05, 0.1) is 27.9 Å². The first-order valence-corrected chi connectivity index (χ1v) is 9.98. The normalized spacial score (nSPS) is 10.9. The molecular weight excluding hydrogens is 402 g/mol. The highest BCUT2D eigenvalue weighted by Crippen LogP contribution is 2.41. The van der Waals surface area contributed by atoms with Crippen LogP contribution in [0.2, 0.25) is 0 Å². The number of nitrogens with one attached hydrogen (secondary N) is 1. The van der Waals surface area contributed by atoms with Crippen molar-refractivity contribution in [2.45, 2.75) is 24.8 Å². The Morgan fingerprint density at radius 1 is 1.03 bits per heavy atom. The van der Waals surface area contributed by atoms with E-state index in [1.807, 2.05) is 0 Å². The van der Waals surface area contributed by atoms with Crippen LogP contribution in [0.5, 0.6) is 23.0 Å². The Balaban J connectivity index is 2.43. The molecule has 0 radical (unpaired) electrons. The molecule has 0 aromatic heterocycles. The van der Waals surface area contributed by atoms with E-state index in [4.69, 9.17) is 18.4 Å². The third kappa shape index (κ3) is 5.09. The van der Waals surface area contributed by atoms with Crippen LogP contribution in [-0.2, 0) is 21.5 Å². The molecule has 0 heterocycles. The lowest BCUT2D eigenvalue weighted by Crippen LogP contribution is -2.14. The predicted molar refractivity (Wildman–Crippen MR) is 105 cm³/mol. The average molecular weight is 425 g/mol. The molecule has 1 amide bonds. The van der Waals surface area contributed by atoms with Crippen molar-refractivity contribution in [3.63, 3.8) is 0 Å². The number of hydrogen-bond donors (Lipinski definition) is 2. The van der Waals surface area contributed by atoms with Gasteiger partial charge in [-0.15, -0.1) is 0 Å². The van der Waals surface area contributed by atoms with Crippen LogP contribution in [0, 0.1) is 0 Å². The Morgan fingerprint density at radius 3 is 2.14 bits per heavy atom. The molecule has 0 bridgehead atoms. The van der Waals surface area contributed by atoms with Crippen molar-refractivity contribution in [1.29, 1.82) is 0 Å². The van der Waals surface area contributed by atoms with E-state index in [9.17, 15) is 18.3 Å². The molecule has 0 aliphatic rings. The molecule has 0 fully saturated rings. The maximum atomic E-state index is 12.8. The SMILES string of the molecule is CCC(=O)Nc1cc(S(=O)(=O)Oc2cc(OC)c(OC)c(OC)c2)ccc1CO. The van der Waals surface area contributed by atoms with Crippen molar-refractivity contribution >= 4 is 21.7 Å². The maximum absolute atomic E-state index is 12.8. The van der Waals surface area contributed by atoms with E-state index >= 15 is 0 Å². The van der Waals surface area contributed by atoms with E-state index in [2.05, 4.69) is 5.32 Å². The van der Waals surface area contributed by atoms with Crippen LogP contribution in [0.4, 0.5) is 5.69 Å². The van der Waals surface area contributed by atoms with E-state index in [1.54, 1.807) is 6.92 Å². The predicted octanol–water partition coefficient (Wildman–Crippen LogP) is 2.32. The molecule has 2 N–H and O–H groups in total. The van der Waals surface area contributed by atoms with E-state index in [-0.39, 0.29) is 52.5 Å². The Hall–Kier alpha value is -2.98. The van der Waals surface area contributed by atoms with E-state index in [1.165, 1.54) is 51.7 Å². The molecule has 158 valence electrons. The second-order valence-electron chi connectivity index (χ2n) is 5.78. The van der Waals surface area contributed by atoms with Gasteiger partial charge >= 0.3 is 10.1 Å². The summed E-state index contributed by atoms with van der Waals surface area (Å²) in [5.41, 5.74) is 0.562. The molecule has 0 spiro atoms. The monoisotopic (exact) mass is 425 g/mol. The van der Waals surface area contributed by atoms with Crippen molar-refractivity contribution in [1.82, 2.24) is 0 Å². The number of ether oxygens (including phenoxy) is 3. The fourth-order valence-corrected chi connectivity index (χ4v) is 3.43. The topological polar surface area (TPSA) is 120 Å². The van der Waals surface area contributed by atoms with Gasteiger partial charge < -0.3 is 28.8 Å². The second kappa shape index (κ2) is 9.48. The summed E-state index contributed by atoms with van der Waals surface area (Å²) in [5, 5.41) is 12.0. The molecule has 0 aliphatic heterocycles. The Morgan fingerprint density at radius 2 is 1.66 bits per heavy atom. The molecule has 2 rings (SSSR count). The lowest BCUT2D eigenvalue weighted by Gasteiger charge is -2.15. The van der Waals surface area contributed by atoms with E-state index in [0.29, 0.717) is 5.56 Å². The smallest absolute Gasteiger partial charge is 0.339 e. The Kier molecular flexibility index (Phi) is 7.29. The van der Waals surface area contributed by atoms with Crippen molar-refractivity contribution in [3.8, 4) is 23.0 Å². The van der Waals surface area contributed by atoms with Crippen LogP contribution in [0.3, 0.4) is 0 Å². The van der Waals surface area contributed by atoms with Gasteiger partial charge in [-0.1, -0.05) is 13.0 Å². The fraction of sp³-hybridized carbons (Fsp3) is 0.316. The van der Waals surface area contributed by atoms with Gasteiger partial charge in [0.25, 0.3) is 0 Å². The summed E-state index contributed by atoms with van der Waals surface area (Å²) in [7, 11) is -0.0452.